The van der Waals surface area contributed by atoms with Crippen LogP contribution in [0.2, 0.25) is 0 Å². The molecule has 1 rings (SSSR count). The number of azide groups is 1. The van der Waals surface area contributed by atoms with E-state index >= 15 is 0 Å². The summed E-state index contributed by atoms with van der Waals surface area (Å²) in [6.45, 7) is 0.00509. The highest BCUT2D eigenvalue weighted by molar-refractivity contribution is 9.10. The minimum absolute atomic E-state index is 0.00509. The van der Waals surface area contributed by atoms with E-state index in [-0.39, 0.29) is 6.54 Å². The maximum absolute atomic E-state index is 9.40. The van der Waals surface area contributed by atoms with Crippen LogP contribution in [0.25, 0.3) is 10.4 Å². The predicted octanol–water partition coefficient (Wildman–Crippen LogP) is 2.19. The molecule has 1 atom stereocenters. The van der Waals surface area contributed by atoms with Crippen LogP contribution in [0.4, 0.5) is 0 Å². The van der Waals surface area contributed by atoms with Crippen molar-refractivity contribution in [2.45, 2.75) is 6.10 Å². The SMILES string of the molecule is [N-]=[N+]=NCC(O)c1ccc(Br)cn1. The van der Waals surface area contributed by atoms with E-state index in [0.29, 0.717) is 5.69 Å². The highest BCUT2D eigenvalue weighted by Gasteiger charge is 2.06. The molecule has 0 amide bonds. The van der Waals surface area contributed by atoms with Gasteiger partial charge in [0.15, 0.2) is 0 Å². The van der Waals surface area contributed by atoms with Crippen molar-refractivity contribution >= 4 is 15.9 Å². The second-order valence-corrected chi connectivity index (χ2v) is 3.25. The topological polar surface area (TPSA) is 81.9 Å². The van der Waals surface area contributed by atoms with Gasteiger partial charge in [0.2, 0.25) is 0 Å². The molecule has 0 aliphatic rings. The van der Waals surface area contributed by atoms with Crippen LogP contribution in [0.5, 0.6) is 0 Å². The van der Waals surface area contributed by atoms with E-state index in [0.717, 1.165) is 4.47 Å². The quantitative estimate of drug-likeness (QED) is 0.501. The molecule has 1 heterocycles. The van der Waals surface area contributed by atoms with Gasteiger partial charge in [0.25, 0.3) is 0 Å². The monoisotopic (exact) mass is 242 g/mol. The molecule has 1 aromatic rings. The van der Waals surface area contributed by atoms with Crippen LogP contribution in [-0.2, 0) is 0 Å². The van der Waals surface area contributed by atoms with Gasteiger partial charge in [-0.2, -0.15) is 0 Å². The fourth-order valence-electron chi connectivity index (χ4n) is 0.792. The van der Waals surface area contributed by atoms with Crippen molar-refractivity contribution in [1.29, 1.82) is 0 Å². The fraction of sp³-hybridized carbons (Fsp3) is 0.286. The van der Waals surface area contributed by atoms with E-state index in [1.165, 1.54) is 0 Å². The van der Waals surface area contributed by atoms with Gasteiger partial charge in [0.05, 0.1) is 12.2 Å². The molecule has 5 nitrogen and oxygen atoms in total. The molecule has 68 valence electrons. The van der Waals surface area contributed by atoms with Gasteiger partial charge in [-0.05, 0) is 33.6 Å². The van der Waals surface area contributed by atoms with Crippen LogP contribution < -0.4 is 0 Å². The maximum Gasteiger partial charge on any atom is 0.102 e. The normalized spacial score (nSPS) is 11.8. The van der Waals surface area contributed by atoms with Crippen LogP contribution >= 0.6 is 15.9 Å². The average molecular weight is 243 g/mol. The molecule has 0 aromatic carbocycles. The summed E-state index contributed by atoms with van der Waals surface area (Å²) in [5.41, 5.74) is 8.52. The number of aliphatic hydroxyl groups is 1. The van der Waals surface area contributed by atoms with E-state index in [1.807, 2.05) is 0 Å². The van der Waals surface area contributed by atoms with Gasteiger partial charge >= 0.3 is 0 Å². The zero-order valence-electron chi connectivity index (χ0n) is 6.63. The van der Waals surface area contributed by atoms with Gasteiger partial charge in [0, 0.05) is 15.6 Å². The summed E-state index contributed by atoms with van der Waals surface area (Å²) >= 11 is 3.22. The number of pyridine rings is 1. The number of rotatable bonds is 3. The molecule has 0 fully saturated rings. The highest BCUT2D eigenvalue weighted by Crippen LogP contribution is 2.13. The lowest BCUT2D eigenvalue weighted by Crippen LogP contribution is -2.02. The van der Waals surface area contributed by atoms with Crippen molar-refractivity contribution in [3.63, 3.8) is 0 Å². The summed E-state index contributed by atoms with van der Waals surface area (Å²) in [4.78, 5) is 6.50. The number of aromatic nitrogens is 1. The predicted molar refractivity (Wildman–Crippen MR) is 50.9 cm³/mol. The molecule has 6 heteroatoms. The zero-order chi connectivity index (χ0) is 9.68. The summed E-state index contributed by atoms with van der Waals surface area (Å²) in [6.07, 6.45) is 0.748. The Morgan fingerprint density at radius 2 is 2.46 bits per heavy atom. The van der Waals surface area contributed by atoms with Crippen molar-refractivity contribution in [3.05, 3.63) is 38.9 Å². The first-order valence-electron chi connectivity index (χ1n) is 3.54. The highest BCUT2D eigenvalue weighted by atomic mass is 79.9. The van der Waals surface area contributed by atoms with Gasteiger partial charge in [0.1, 0.15) is 6.10 Å². The van der Waals surface area contributed by atoms with Crippen molar-refractivity contribution < 1.29 is 5.11 Å². The van der Waals surface area contributed by atoms with Crippen LogP contribution in [0, 0.1) is 0 Å². The van der Waals surface area contributed by atoms with Crippen LogP contribution in [-0.4, -0.2) is 16.6 Å². The lowest BCUT2D eigenvalue weighted by molar-refractivity contribution is 0.182. The summed E-state index contributed by atoms with van der Waals surface area (Å²) in [7, 11) is 0. The summed E-state index contributed by atoms with van der Waals surface area (Å²) in [5.74, 6) is 0. The Morgan fingerprint density at radius 3 is 3.00 bits per heavy atom. The fourth-order valence-corrected chi connectivity index (χ4v) is 1.03. The Bertz CT molecular complexity index is 320. The molecule has 1 N–H and O–H groups in total. The first-order chi connectivity index (χ1) is 6.24. The number of halogens is 1. The molecule has 0 spiro atoms. The average Bonchev–Trinajstić information content (AvgIpc) is 2.15. The number of aliphatic hydroxyl groups excluding tert-OH is 1. The van der Waals surface area contributed by atoms with E-state index in [1.54, 1.807) is 18.3 Å². The van der Waals surface area contributed by atoms with E-state index < -0.39 is 6.10 Å². The van der Waals surface area contributed by atoms with Crippen molar-refractivity contribution in [3.8, 4) is 0 Å². The van der Waals surface area contributed by atoms with E-state index in [2.05, 4.69) is 30.9 Å². The zero-order valence-corrected chi connectivity index (χ0v) is 8.22. The summed E-state index contributed by atoms with van der Waals surface area (Å²) in [5, 5.41) is 12.6. The molecule has 13 heavy (non-hydrogen) atoms. The molecule has 1 unspecified atom stereocenters. The van der Waals surface area contributed by atoms with Crippen LogP contribution in [0.1, 0.15) is 11.8 Å². The Hall–Kier alpha value is -1.10. The maximum atomic E-state index is 9.40. The van der Waals surface area contributed by atoms with Crippen LogP contribution in [0.15, 0.2) is 27.9 Å². The standard InChI is InChI=1S/C7H7BrN4O/c8-5-1-2-6(10-3-5)7(13)4-11-12-9/h1-3,7,13H,4H2. The molecule has 0 radical (unpaired) electrons. The Morgan fingerprint density at radius 1 is 1.69 bits per heavy atom. The van der Waals surface area contributed by atoms with Crippen molar-refractivity contribution in [2.24, 2.45) is 5.11 Å². The lowest BCUT2D eigenvalue weighted by Gasteiger charge is -2.05. The summed E-state index contributed by atoms with van der Waals surface area (Å²) in [6, 6.07) is 3.43. The summed E-state index contributed by atoms with van der Waals surface area (Å²) < 4.78 is 0.840. The molecular weight excluding hydrogens is 236 g/mol. The van der Waals surface area contributed by atoms with E-state index in [4.69, 9.17) is 5.53 Å². The van der Waals surface area contributed by atoms with Crippen molar-refractivity contribution in [1.82, 2.24) is 4.98 Å². The number of hydrogen-bond donors (Lipinski definition) is 1. The van der Waals surface area contributed by atoms with Gasteiger partial charge in [-0.1, -0.05) is 5.11 Å². The second-order valence-electron chi connectivity index (χ2n) is 2.33. The second kappa shape index (κ2) is 4.81. The largest absolute Gasteiger partial charge is 0.387 e. The molecule has 0 aliphatic heterocycles. The number of hydrogen-bond acceptors (Lipinski definition) is 3. The van der Waals surface area contributed by atoms with Crippen LogP contribution in [0.3, 0.4) is 0 Å². The Labute approximate surface area is 83.2 Å². The van der Waals surface area contributed by atoms with Gasteiger partial charge in [-0.25, -0.2) is 0 Å². The Kier molecular flexibility index (Phi) is 3.70. The minimum Gasteiger partial charge on any atom is -0.387 e. The molecule has 1 aromatic heterocycles. The molecule has 0 aliphatic carbocycles. The van der Waals surface area contributed by atoms with Gasteiger partial charge in [-0.3, -0.25) is 4.98 Å². The Balaban J connectivity index is 2.71. The molecule has 0 saturated heterocycles. The third-order valence-electron chi connectivity index (χ3n) is 1.41. The third kappa shape index (κ3) is 3.02. The lowest BCUT2D eigenvalue weighted by atomic mass is 10.2. The smallest absolute Gasteiger partial charge is 0.102 e. The first kappa shape index (κ1) is 9.98. The third-order valence-corrected chi connectivity index (χ3v) is 1.88. The minimum atomic E-state index is -0.830. The molecule has 0 saturated carbocycles. The van der Waals surface area contributed by atoms with Gasteiger partial charge in [-0.15, -0.1) is 0 Å². The van der Waals surface area contributed by atoms with E-state index in [9.17, 15) is 5.11 Å². The van der Waals surface area contributed by atoms with Gasteiger partial charge < -0.3 is 5.11 Å². The molecule has 0 bridgehead atoms. The number of nitrogens with zero attached hydrogens (tertiary/aromatic N) is 4. The molecular formula is C7H7BrN4O. The van der Waals surface area contributed by atoms with Crippen molar-refractivity contribution in [2.75, 3.05) is 6.54 Å². The first-order valence-corrected chi connectivity index (χ1v) is 4.33.